The van der Waals surface area contributed by atoms with Crippen molar-refractivity contribution in [3.05, 3.63) is 54.1 Å². The van der Waals surface area contributed by atoms with Crippen LogP contribution in [0.3, 0.4) is 0 Å². The number of hydrogen-bond donors (Lipinski definition) is 2. The highest BCUT2D eigenvalue weighted by atomic mass is 32.2. The van der Waals surface area contributed by atoms with Crippen molar-refractivity contribution in [3.8, 4) is 0 Å². The maximum atomic E-state index is 10.6. The maximum Gasteiger partial charge on any atom is 0.307 e. The standard InChI is InChI=1S/C14H13NO2S/c15-11-3-7-13(8-4-11)18-12-5-1-10(2-6-12)9-14(16)17/h1-8H,9,15H2,(H,16,17). The zero-order valence-corrected chi connectivity index (χ0v) is 10.5. The molecule has 3 N–H and O–H groups in total. The zero-order chi connectivity index (χ0) is 13.0. The third-order valence-corrected chi connectivity index (χ3v) is 3.41. The van der Waals surface area contributed by atoms with Gasteiger partial charge in [0.2, 0.25) is 0 Å². The number of carbonyl (C=O) groups is 1. The van der Waals surface area contributed by atoms with E-state index >= 15 is 0 Å². The molecule has 3 nitrogen and oxygen atoms in total. The Hall–Kier alpha value is -1.94. The minimum atomic E-state index is -0.811. The molecule has 0 aliphatic rings. The number of hydrogen-bond acceptors (Lipinski definition) is 3. The first kappa shape index (κ1) is 12.5. The Balaban J connectivity index is 2.06. The lowest BCUT2D eigenvalue weighted by Crippen LogP contribution is -1.99. The molecule has 0 amide bonds. The average Bonchev–Trinajstić information content (AvgIpc) is 2.34. The van der Waals surface area contributed by atoms with E-state index < -0.39 is 5.97 Å². The predicted octanol–water partition coefficient (Wildman–Crippen LogP) is 3.05. The van der Waals surface area contributed by atoms with Crippen molar-refractivity contribution in [1.29, 1.82) is 0 Å². The third kappa shape index (κ3) is 3.53. The number of aliphatic carboxylic acids is 1. The van der Waals surface area contributed by atoms with E-state index in [1.807, 2.05) is 48.5 Å². The number of anilines is 1. The Kier molecular flexibility index (Phi) is 3.89. The van der Waals surface area contributed by atoms with Gasteiger partial charge in [0.05, 0.1) is 6.42 Å². The van der Waals surface area contributed by atoms with Gasteiger partial charge in [0.1, 0.15) is 0 Å². The number of rotatable bonds is 4. The van der Waals surface area contributed by atoms with Gasteiger partial charge in [0.25, 0.3) is 0 Å². The molecule has 0 saturated heterocycles. The molecule has 0 aliphatic heterocycles. The average molecular weight is 259 g/mol. The SMILES string of the molecule is Nc1ccc(Sc2ccc(CC(=O)O)cc2)cc1. The highest BCUT2D eigenvalue weighted by Gasteiger charge is 2.01. The van der Waals surface area contributed by atoms with E-state index in [0.29, 0.717) is 0 Å². The van der Waals surface area contributed by atoms with Gasteiger partial charge in [-0.05, 0) is 42.0 Å². The van der Waals surface area contributed by atoms with E-state index in [1.54, 1.807) is 11.8 Å². The molecule has 0 unspecified atom stereocenters. The van der Waals surface area contributed by atoms with Crippen LogP contribution in [0.5, 0.6) is 0 Å². The van der Waals surface area contributed by atoms with Crippen LogP contribution in [0.2, 0.25) is 0 Å². The Labute approximate surface area is 110 Å². The molecular weight excluding hydrogens is 246 g/mol. The van der Waals surface area contributed by atoms with Crippen LogP contribution in [-0.4, -0.2) is 11.1 Å². The fraction of sp³-hybridized carbons (Fsp3) is 0.0714. The minimum Gasteiger partial charge on any atom is -0.481 e. The highest BCUT2D eigenvalue weighted by molar-refractivity contribution is 7.99. The van der Waals surface area contributed by atoms with Crippen LogP contribution in [0.15, 0.2) is 58.3 Å². The summed E-state index contributed by atoms with van der Waals surface area (Å²) in [6.07, 6.45) is 0.0623. The van der Waals surface area contributed by atoms with E-state index in [0.717, 1.165) is 21.0 Å². The molecule has 0 fully saturated rings. The van der Waals surface area contributed by atoms with Gasteiger partial charge < -0.3 is 10.8 Å². The van der Waals surface area contributed by atoms with Gasteiger partial charge in [-0.3, -0.25) is 4.79 Å². The lowest BCUT2D eigenvalue weighted by atomic mass is 10.2. The lowest BCUT2D eigenvalue weighted by molar-refractivity contribution is -0.136. The Morgan fingerprint density at radius 2 is 1.50 bits per heavy atom. The topological polar surface area (TPSA) is 63.3 Å². The molecule has 0 aromatic heterocycles. The summed E-state index contributed by atoms with van der Waals surface area (Å²) in [4.78, 5) is 12.7. The molecule has 0 bridgehead atoms. The van der Waals surface area contributed by atoms with Crippen molar-refractivity contribution in [1.82, 2.24) is 0 Å². The van der Waals surface area contributed by atoms with E-state index in [1.165, 1.54) is 0 Å². The monoisotopic (exact) mass is 259 g/mol. The van der Waals surface area contributed by atoms with Gasteiger partial charge in [0, 0.05) is 15.5 Å². The van der Waals surface area contributed by atoms with Crippen molar-refractivity contribution in [2.24, 2.45) is 0 Å². The smallest absolute Gasteiger partial charge is 0.307 e. The molecule has 2 aromatic rings. The normalized spacial score (nSPS) is 10.2. The number of nitrogens with two attached hydrogens (primary N) is 1. The quantitative estimate of drug-likeness (QED) is 0.828. The summed E-state index contributed by atoms with van der Waals surface area (Å²) in [6, 6.07) is 15.2. The predicted molar refractivity (Wildman–Crippen MR) is 72.8 cm³/mol. The third-order valence-electron chi connectivity index (χ3n) is 2.39. The van der Waals surface area contributed by atoms with Gasteiger partial charge in [-0.2, -0.15) is 0 Å². The molecule has 0 atom stereocenters. The lowest BCUT2D eigenvalue weighted by Gasteiger charge is -2.03. The molecule has 18 heavy (non-hydrogen) atoms. The number of carboxylic acid groups (broad SMARTS) is 1. The van der Waals surface area contributed by atoms with Crippen molar-refractivity contribution >= 4 is 23.4 Å². The Bertz CT molecular complexity index is 535. The summed E-state index contributed by atoms with van der Waals surface area (Å²) in [5, 5.41) is 8.68. The van der Waals surface area contributed by atoms with Crippen LogP contribution in [0.4, 0.5) is 5.69 Å². The summed E-state index contributed by atoms with van der Waals surface area (Å²) in [6.45, 7) is 0. The highest BCUT2D eigenvalue weighted by Crippen LogP contribution is 2.28. The second-order valence-corrected chi connectivity index (χ2v) is 5.03. The van der Waals surface area contributed by atoms with E-state index in [-0.39, 0.29) is 6.42 Å². The molecular formula is C14H13NO2S. The molecule has 0 aliphatic carbocycles. The maximum absolute atomic E-state index is 10.6. The van der Waals surface area contributed by atoms with E-state index in [2.05, 4.69) is 0 Å². The number of carboxylic acids is 1. The molecule has 2 rings (SSSR count). The Morgan fingerprint density at radius 1 is 1.00 bits per heavy atom. The van der Waals surface area contributed by atoms with Crippen LogP contribution in [0.25, 0.3) is 0 Å². The number of benzene rings is 2. The van der Waals surface area contributed by atoms with Crippen LogP contribution < -0.4 is 5.73 Å². The van der Waals surface area contributed by atoms with Crippen molar-refractivity contribution in [2.45, 2.75) is 16.2 Å². The van der Waals surface area contributed by atoms with Crippen molar-refractivity contribution < 1.29 is 9.90 Å². The summed E-state index contributed by atoms with van der Waals surface area (Å²) < 4.78 is 0. The Morgan fingerprint density at radius 3 is 2.00 bits per heavy atom. The first-order valence-corrected chi connectivity index (χ1v) is 6.29. The van der Waals surface area contributed by atoms with Gasteiger partial charge in [-0.25, -0.2) is 0 Å². The van der Waals surface area contributed by atoms with Crippen molar-refractivity contribution in [2.75, 3.05) is 5.73 Å². The second kappa shape index (κ2) is 5.60. The number of nitrogen functional groups attached to an aromatic ring is 1. The molecule has 4 heteroatoms. The molecule has 0 heterocycles. The summed E-state index contributed by atoms with van der Waals surface area (Å²) >= 11 is 1.62. The molecule has 2 aromatic carbocycles. The fourth-order valence-electron chi connectivity index (χ4n) is 1.52. The second-order valence-electron chi connectivity index (χ2n) is 3.89. The molecule has 0 radical (unpaired) electrons. The first-order chi connectivity index (χ1) is 8.63. The summed E-state index contributed by atoms with van der Waals surface area (Å²) in [7, 11) is 0. The first-order valence-electron chi connectivity index (χ1n) is 5.47. The van der Waals surface area contributed by atoms with E-state index in [9.17, 15) is 4.79 Å². The van der Waals surface area contributed by atoms with Gasteiger partial charge in [-0.1, -0.05) is 23.9 Å². The zero-order valence-electron chi connectivity index (χ0n) is 9.67. The van der Waals surface area contributed by atoms with Gasteiger partial charge >= 0.3 is 5.97 Å². The fourth-order valence-corrected chi connectivity index (χ4v) is 2.34. The molecule has 0 saturated carbocycles. The van der Waals surface area contributed by atoms with E-state index in [4.69, 9.17) is 10.8 Å². The van der Waals surface area contributed by atoms with Crippen molar-refractivity contribution in [3.63, 3.8) is 0 Å². The van der Waals surface area contributed by atoms with Crippen LogP contribution in [0, 0.1) is 0 Å². The van der Waals surface area contributed by atoms with Gasteiger partial charge in [-0.15, -0.1) is 0 Å². The van der Waals surface area contributed by atoms with Gasteiger partial charge in [0.15, 0.2) is 0 Å². The van der Waals surface area contributed by atoms with Crippen LogP contribution >= 0.6 is 11.8 Å². The largest absolute Gasteiger partial charge is 0.481 e. The summed E-state index contributed by atoms with van der Waals surface area (Å²) in [5.74, 6) is -0.811. The molecule has 92 valence electrons. The molecule has 0 spiro atoms. The van der Waals surface area contributed by atoms with Crippen LogP contribution in [0.1, 0.15) is 5.56 Å². The minimum absolute atomic E-state index is 0.0623. The summed E-state index contributed by atoms with van der Waals surface area (Å²) in [5.41, 5.74) is 7.18. The van der Waals surface area contributed by atoms with Crippen LogP contribution in [-0.2, 0) is 11.2 Å².